The van der Waals surface area contributed by atoms with Crippen molar-refractivity contribution >= 4 is 5.91 Å². The summed E-state index contributed by atoms with van der Waals surface area (Å²) in [5.41, 5.74) is 1.74. The van der Waals surface area contributed by atoms with E-state index in [2.05, 4.69) is 9.88 Å². The van der Waals surface area contributed by atoms with Crippen LogP contribution in [0.5, 0.6) is 0 Å². The highest BCUT2D eigenvalue weighted by Crippen LogP contribution is 2.16. The van der Waals surface area contributed by atoms with Crippen LogP contribution in [0.1, 0.15) is 29.6 Å². The fourth-order valence-electron chi connectivity index (χ4n) is 3.81. The molecule has 0 spiro atoms. The lowest BCUT2D eigenvalue weighted by molar-refractivity contribution is 0.0297. The van der Waals surface area contributed by atoms with Crippen molar-refractivity contribution in [3.63, 3.8) is 0 Å². The lowest BCUT2D eigenvalue weighted by atomic mass is 10.1. The Labute approximate surface area is 154 Å². The van der Waals surface area contributed by atoms with Gasteiger partial charge in [0.15, 0.2) is 0 Å². The first-order valence-electron chi connectivity index (χ1n) is 9.51. The summed E-state index contributed by atoms with van der Waals surface area (Å²) < 4.78 is 7.93. The number of hydrogen-bond donors (Lipinski definition) is 0. The van der Waals surface area contributed by atoms with Crippen LogP contribution in [0.2, 0.25) is 0 Å². The molecule has 0 bridgehead atoms. The van der Waals surface area contributed by atoms with E-state index in [9.17, 15) is 4.79 Å². The molecule has 2 saturated heterocycles. The molecule has 138 valence electrons. The summed E-state index contributed by atoms with van der Waals surface area (Å²) in [6, 6.07) is 7.73. The summed E-state index contributed by atoms with van der Waals surface area (Å²) in [4.78, 5) is 21.4. The smallest absolute Gasteiger partial charge is 0.253 e. The van der Waals surface area contributed by atoms with Crippen molar-refractivity contribution < 1.29 is 9.53 Å². The van der Waals surface area contributed by atoms with Crippen molar-refractivity contribution in [3.05, 3.63) is 48.5 Å². The SMILES string of the molecule is O=C(c1ccc(-n2ccnc2)cc1)N1CCCO[C@H](CN2CCCC2)C1. The first-order chi connectivity index (χ1) is 12.8. The van der Waals surface area contributed by atoms with Gasteiger partial charge in [0.05, 0.1) is 12.4 Å². The number of aromatic nitrogens is 2. The average molecular weight is 354 g/mol. The predicted octanol–water partition coefficient (Wildman–Crippen LogP) is 2.20. The van der Waals surface area contributed by atoms with Gasteiger partial charge in [-0.05, 0) is 56.6 Å². The lowest BCUT2D eigenvalue weighted by Crippen LogP contribution is -2.41. The molecule has 1 atom stereocenters. The van der Waals surface area contributed by atoms with Gasteiger partial charge in [-0.3, -0.25) is 4.79 Å². The summed E-state index contributed by atoms with van der Waals surface area (Å²) in [5, 5.41) is 0. The number of carbonyl (C=O) groups is 1. The predicted molar refractivity (Wildman–Crippen MR) is 99.5 cm³/mol. The molecular weight excluding hydrogens is 328 g/mol. The van der Waals surface area contributed by atoms with Crippen LogP contribution in [0, 0.1) is 0 Å². The minimum atomic E-state index is 0.0964. The molecule has 0 unspecified atom stereocenters. The molecule has 1 aromatic heterocycles. The highest BCUT2D eigenvalue weighted by atomic mass is 16.5. The van der Waals surface area contributed by atoms with Crippen LogP contribution in [-0.4, -0.2) is 70.7 Å². The van der Waals surface area contributed by atoms with Crippen LogP contribution in [0.3, 0.4) is 0 Å². The van der Waals surface area contributed by atoms with Gasteiger partial charge in [0.1, 0.15) is 0 Å². The monoisotopic (exact) mass is 354 g/mol. The lowest BCUT2D eigenvalue weighted by Gasteiger charge is -2.27. The van der Waals surface area contributed by atoms with Gasteiger partial charge < -0.3 is 19.1 Å². The van der Waals surface area contributed by atoms with Crippen molar-refractivity contribution in [1.82, 2.24) is 19.4 Å². The van der Waals surface area contributed by atoms with E-state index < -0.39 is 0 Å². The highest BCUT2D eigenvalue weighted by Gasteiger charge is 2.26. The molecule has 0 saturated carbocycles. The van der Waals surface area contributed by atoms with Gasteiger partial charge in [0.2, 0.25) is 0 Å². The third kappa shape index (κ3) is 3.97. The van der Waals surface area contributed by atoms with E-state index in [1.807, 2.05) is 39.9 Å². The van der Waals surface area contributed by atoms with Crippen LogP contribution in [0.25, 0.3) is 5.69 Å². The van der Waals surface area contributed by atoms with Crippen molar-refractivity contribution in [2.75, 3.05) is 39.3 Å². The van der Waals surface area contributed by atoms with Gasteiger partial charge in [-0.2, -0.15) is 0 Å². The second-order valence-corrected chi connectivity index (χ2v) is 7.12. The van der Waals surface area contributed by atoms with Crippen LogP contribution in [0.15, 0.2) is 43.0 Å². The Balaban J connectivity index is 1.42. The van der Waals surface area contributed by atoms with Crippen LogP contribution in [-0.2, 0) is 4.74 Å². The second-order valence-electron chi connectivity index (χ2n) is 7.12. The molecule has 2 aromatic rings. The van der Waals surface area contributed by atoms with Crippen LogP contribution in [0.4, 0.5) is 0 Å². The quantitative estimate of drug-likeness (QED) is 0.845. The van der Waals surface area contributed by atoms with E-state index in [4.69, 9.17) is 4.74 Å². The third-order valence-electron chi connectivity index (χ3n) is 5.21. The second kappa shape index (κ2) is 8.01. The maximum atomic E-state index is 13.0. The summed E-state index contributed by atoms with van der Waals surface area (Å²) in [7, 11) is 0. The summed E-state index contributed by atoms with van der Waals surface area (Å²) >= 11 is 0. The number of rotatable bonds is 4. The van der Waals surface area contributed by atoms with E-state index in [1.165, 1.54) is 12.8 Å². The molecular formula is C20H26N4O2. The summed E-state index contributed by atoms with van der Waals surface area (Å²) in [6.45, 7) is 5.43. The van der Waals surface area contributed by atoms with Gasteiger partial charge in [-0.25, -0.2) is 4.98 Å². The van der Waals surface area contributed by atoms with Crippen molar-refractivity contribution in [2.45, 2.75) is 25.4 Å². The number of benzene rings is 1. The van der Waals surface area contributed by atoms with Crippen molar-refractivity contribution in [2.24, 2.45) is 0 Å². The Morgan fingerprint density at radius 2 is 1.92 bits per heavy atom. The Morgan fingerprint density at radius 1 is 1.12 bits per heavy atom. The standard InChI is InChI=1S/C20H26N4O2/c25-20(17-4-6-18(7-5-17)24-12-8-21-16-24)23-11-3-13-26-19(15-23)14-22-9-1-2-10-22/h4-8,12,16,19H,1-3,9-11,13-15H2/t19-/m1/s1. The van der Waals surface area contributed by atoms with Crippen LogP contribution < -0.4 is 0 Å². The molecule has 6 heteroatoms. The summed E-state index contributed by atoms with van der Waals surface area (Å²) in [6.07, 6.45) is 8.96. The number of hydrogen-bond acceptors (Lipinski definition) is 4. The van der Waals surface area contributed by atoms with E-state index >= 15 is 0 Å². The Hall–Kier alpha value is -2.18. The zero-order valence-electron chi connectivity index (χ0n) is 15.1. The third-order valence-corrected chi connectivity index (χ3v) is 5.21. The highest BCUT2D eigenvalue weighted by molar-refractivity contribution is 5.94. The fourth-order valence-corrected chi connectivity index (χ4v) is 3.81. The average Bonchev–Trinajstić information content (AvgIpc) is 3.33. The number of likely N-dealkylation sites (tertiary alicyclic amines) is 1. The maximum Gasteiger partial charge on any atom is 0.253 e. The molecule has 2 aliphatic heterocycles. The molecule has 4 rings (SSSR count). The first-order valence-corrected chi connectivity index (χ1v) is 9.51. The minimum absolute atomic E-state index is 0.0964. The molecule has 6 nitrogen and oxygen atoms in total. The largest absolute Gasteiger partial charge is 0.375 e. The zero-order chi connectivity index (χ0) is 17.8. The Bertz CT molecular complexity index is 708. The van der Waals surface area contributed by atoms with Gasteiger partial charge in [-0.1, -0.05) is 0 Å². The zero-order valence-corrected chi connectivity index (χ0v) is 15.1. The Morgan fingerprint density at radius 3 is 2.65 bits per heavy atom. The van der Waals surface area contributed by atoms with Gasteiger partial charge in [0, 0.05) is 49.9 Å². The molecule has 0 aliphatic carbocycles. The molecule has 3 heterocycles. The topological polar surface area (TPSA) is 50.6 Å². The fraction of sp³-hybridized carbons (Fsp3) is 0.500. The molecule has 0 N–H and O–H groups in total. The number of carbonyl (C=O) groups excluding carboxylic acids is 1. The summed E-state index contributed by atoms with van der Waals surface area (Å²) in [5.74, 6) is 0.0964. The number of ether oxygens (including phenoxy) is 1. The molecule has 0 radical (unpaired) electrons. The van der Waals surface area contributed by atoms with Crippen molar-refractivity contribution in [3.8, 4) is 5.69 Å². The Kier molecular flexibility index (Phi) is 5.32. The van der Waals surface area contributed by atoms with Crippen LogP contribution >= 0.6 is 0 Å². The number of nitrogens with zero attached hydrogens (tertiary/aromatic N) is 4. The number of imidazole rings is 1. The maximum absolute atomic E-state index is 13.0. The van der Waals surface area contributed by atoms with Gasteiger partial charge >= 0.3 is 0 Å². The van der Waals surface area contributed by atoms with Gasteiger partial charge in [-0.15, -0.1) is 0 Å². The number of amides is 1. The van der Waals surface area contributed by atoms with E-state index in [0.29, 0.717) is 6.54 Å². The minimum Gasteiger partial charge on any atom is -0.375 e. The molecule has 1 amide bonds. The molecule has 2 aliphatic rings. The molecule has 2 fully saturated rings. The molecule has 1 aromatic carbocycles. The van der Waals surface area contributed by atoms with E-state index in [0.717, 1.165) is 50.5 Å². The van der Waals surface area contributed by atoms with Crippen molar-refractivity contribution in [1.29, 1.82) is 0 Å². The molecule has 26 heavy (non-hydrogen) atoms. The normalized spacial score (nSPS) is 21.7. The van der Waals surface area contributed by atoms with E-state index in [-0.39, 0.29) is 12.0 Å². The first kappa shape index (κ1) is 17.2. The van der Waals surface area contributed by atoms with Gasteiger partial charge in [0.25, 0.3) is 5.91 Å². The van der Waals surface area contributed by atoms with E-state index in [1.54, 1.807) is 12.5 Å².